The number of hydrogen-bond donors (Lipinski definition) is 0. The van der Waals surface area contributed by atoms with Gasteiger partial charge < -0.3 is 14.4 Å². The lowest BCUT2D eigenvalue weighted by molar-refractivity contribution is -0.158. The molecule has 2 heterocycles. The quantitative estimate of drug-likeness (QED) is 0.624. The number of ether oxygens (including phenoxy) is 2. The van der Waals surface area contributed by atoms with Gasteiger partial charge in [0.05, 0.1) is 6.61 Å². The Balaban J connectivity index is 1.62. The number of carbonyl (C=O) groups is 1. The van der Waals surface area contributed by atoms with E-state index in [1.807, 2.05) is 20.0 Å². The van der Waals surface area contributed by atoms with Gasteiger partial charge in [0.25, 0.3) is 0 Å². The molecule has 6 heteroatoms. The molecule has 0 atom stereocenters. The summed E-state index contributed by atoms with van der Waals surface area (Å²) in [6, 6.07) is 8.55. The number of benzene rings is 1. The van der Waals surface area contributed by atoms with Crippen LogP contribution >= 0.6 is 0 Å². The smallest absolute Gasteiger partial charge is 0.349 e. The van der Waals surface area contributed by atoms with Crippen LogP contribution in [0.4, 0.5) is 5.82 Å². The van der Waals surface area contributed by atoms with Crippen LogP contribution in [0.15, 0.2) is 30.5 Å². The van der Waals surface area contributed by atoms with Gasteiger partial charge in [-0.25, -0.2) is 9.78 Å². The van der Waals surface area contributed by atoms with E-state index in [4.69, 9.17) is 9.47 Å². The summed E-state index contributed by atoms with van der Waals surface area (Å²) >= 11 is 0. The summed E-state index contributed by atoms with van der Waals surface area (Å²) in [5, 5.41) is 0. The number of pyridine rings is 1. The van der Waals surface area contributed by atoms with Gasteiger partial charge in [-0.3, -0.25) is 4.90 Å². The van der Waals surface area contributed by atoms with E-state index >= 15 is 0 Å². The van der Waals surface area contributed by atoms with Gasteiger partial charge in [-0.15, -0.1) is 0 Å². The molecule has 0 unspecified atom stereocenters. The van der Waals surface area contributed by atoms with Crippen molar-refractivity contribution in [3.63, 3.8) is 0 Å². The maximum Gasteiger partial charge on any atom is 0.349 e. The molecule has 1 aliphatic rings. The lowest BCUT2D eigenvalue weighted by atomic mass is 10.0. The van der Waals surface area contributed by atoms with Crippen LogP contribution in [0.2, 0.25) is 0 Å². The summed E-state index contributed by atoms with van der Waals surface area (Å²) in [6.07, 6.45) is 1.93. The third-order valence-corrected chi connectivity index (χ3v) is 5.64. The second-order valence-electron chi connectivity index (χ2n) is 8.85. The third kappa shape index (κ3) is 5.76. The topological polar surface area (TPSA) is 54.9 Å². The van der Waals surface area contributed by atoms with Crippen molar-refractivity contribution in [1.82, 2.24) is 9.88 Å². The molecule has 3 rings (SSSR count). The Kier molecular flexibility index (Phi) is 7.21. The summed E-state index contributed by atoms with van der Waals surface area (Å²) < 4.78 is 11.2. The standard InChI is InChI=1S/C25H35N3O3/c1-7-30-24(29)25(5,6)31-23-19(3)14-21(15-20(23)4)17-27-10-12-28(13-11-27)22-9-8-18(2)16-26-22/h8-9,14-16H,7,10-13,17H2,1-6H3. The molecule has 0 aliphatic carbocycles. The highest BCUT2D eigenvalue weighted by atomic mass is 16.6. The van der Waals surface area contributed by atoms with E-state index in [9.17, 15) is 4.79 Å². The number of aromatic nitrogens is 1. The SMILES string of the molecule is CCOC(=O)C(C)(C)Oc1c(C)cc(CN2CCN(c3ccc(C)cn3)CC2)cc1C. The van der Waals surface area contributed by atoms with Gasteiger partial charge in [-0.2, -0.15) is 0 Å². The highest BCUT2D eigenvalue weighted by molar-refractivity contribution is 5.79. The molecule has 0 N–H and O–H groups in total. The largest absolute Gasteiger partial charge is 0.476 e. The Hall–Kier alpha value is -2.60. The molecule has 0 spiro atoms. The molecule has 1 aromatic heterocycles. The Morgan fingerprint density at radius 2 is 1.71 bits per heavy atom. The van der Waals surface area contributed by atoms with Gasteiger partial charge in [0, 0.05) is 38.9 Å². The van der Waals surface area contributed by atoms with Crippen LogP contribution < -0.4 is 9.64 Å². The van der Waals surface area contributed by atoms with Crippen molar-refractivity contribution in [1.29, 1.82) is 0 Å². The lowest BCUT2D eigenvalue weighted by Gasteiger charge is -2.35. The highest BCUT2D eigenvalue weighted by Crippen LogP contribution is 2.30. The second-order valence-corrected chi connectivity index (χ2v) is 8.85. The highest BCUT2D eigenvalue weighted by Gasteiger charge is 2.32. The number of hydrogen-bond acceptors (Lipinski definition) is 6. The van der Waals surface area contributed by atoms with Gasteiger partial charge in [0.15, 0.2) is 5.60 Å². The summed E-state index contributed by atoms with van der Waals surface area (Å²) in [5.74, 6) is 1.47. The second kappa shape index (κ2) is 9.69. The molecule has 1 aromatic carbocycles. The normalized spacial score (nSPS) is 15.1. The minimum absolute atomic E-state index is 0.343. The number of rotatable bonds is 7. The van der Waals surface area contributed by atoms with Crippen molar-refractivity contribution in [3.8, 4) is 5.75 Å². The summed E-state index contributed by atoms with van der Waals surface area (Å²) in [7, 11) is 0. The van der Waals surface area contributed by atoms with E-state index in [-0.39, 0.29) is 5.97 Å². The Labute approximate surface area is 186 Å². The number of nitrogens with zero attached hydrogens (tertiary/aromatic N) is 3. The molecular formula is C25H35N3O3. The van der Waals surface area contributed by atoms with Crippen LogP contribution in [0.25, 0.3) is 0 Å². The lowest BCUT2D eigenvalue weighted by Crippen LogP contribution is -2.46. The molecule has 1 aliphatic heterocycles. The predicted octanol–water partition coefficient (Wildman–Crippen LogP) is 4.05. The van der Waals surface area contributed by atoms with Gasteiger partial charge in [-0.1, -0.05) is 18.2 Å². The Morgan fingerprint density at radius 1 is 1.06 bits per heavy atom. The first-order chi connectivity index (χ1) is 14.7. The fraction of sp³-hybridized carbons (Fsp3) is 0.520. The van der Waals surface area contributed by atoms with E-state index in [0.29, 0.717) is 6.61 Å². The van der Waals surface area contributed by atoms with Crippen LogP contribution in [0.3, 0.4) is 0 Å². The fourth-order valence-electron chi connectivity index (χ4n) is 3.93. The molecular weight excluding hydrogens is 390 g/mol. The average Bonchev–Trinajstić information content (AvgIpc) is 2.72. The van der Waals surface area contributed by atoms with Gasteiger partial charge in [0.1, 0.15) is 11.6 Å². The van der Waals surface area contributed by atoms with Crippen LogP contribution in [0.1, 0.15) is 43.0 Å². The van der Waals surface area contributed by atoms with Gasteiger partial charge >= 0.3 is 5.97 Å². The number of aryl methyl sites for hydroxylation is 3. The van der Waals surface area contributed by atoms with Crippen molar-refractivity contribution >= 4 is 11.8 Å². The monoisotopic (exact) mass is 425 g/mol. The van der Waals surface area contributed by atoms with Crippen LogP contribution in [-0.2, 0) is 16.1 Å². The fourth-order valence-corrected chi connectivity index (χ4v) is 3.93. The van der Waals surface area contributed by atoms with E-state index < -0.39 is 5.60 Å². The zero-order valence-electron chi connectivity index (χ0n) is 19.7. The minimum atomic E-state index is -1.02. The van der Waals surface area contributed by atoms with Crippen LogP contribution in [0, 0.1) is 20.8 Å². The van der Waals surface area contributed by atoms with Gasteiger partial charge in [-0.05, 0) is 69.9 Å². The van der Waals surface area contributed by atoms with E-state index in [1.165, 1.54) is 11.1 Å². The summed E-state index contributed by atoms with van der Waals surface area (Å²) in [5.41, 5.74) is 3.50. The van der Waals surface area contributed by atoms with E-state index in [0.717, 1.165) is 55.4 Å². The summed E-state index contributed by atoms with van der Waals surface area (Å²) in [6.45, 7) is 16.6. The molecule has 0 saturated carbocycles. The average molecular weight is 426 g/mol. The molecule has 1 fully saturated rings. The first-order valence-electron chi connectivity index (χ1n) is 11.1. The van der Waals surface area contributed by atoms with Crippen molar-refractivity contribution in [2.45, 2.75) is 53.7 Å². The molecule has 168 valence electrons. The third-order valence-electron chi connectivity index (χ3n) is 5.64. The Bertz CT molecular complexity index is 878. The van der Waals surface area contributed by atoms with Crippen molar-refractivity contribution in [3.05, 3.63) is 52.7 Å². The maximum absolute atomic E-state index is 12.2. The molecule has 0 amide bonds. The Morgan fingerprint density at radius 3 is 2.26 bits per heavy atom. The molecule has 1 saturated heterocycles. The number of esters is 1. The maximum atomic E-state index is 12.2. The number of carbonyl (C=O) groups excluding carboxylic acids is 1. The summed E-state index contributed by atoms with van der Waals surface area (Å²) in [4.78, 5) is 21.6. The van der Waals surface area contributed by atoms with Crippen LogP contribution in [0.5, 0.6) is 5.75 Å². The van der Waals surface area contributed by atoms with Crippen molar-refractivity contribution in [2.75, 3.05) is 37.7 Å². The predicted molar refractivity (Wildman–Crippen MR) is 124 cm³/mol. The van der Waals surface area contributed by atoms with Crippen LogP contribution in [-0.4, -0.2) is 54.2 Å². The zero-order valence-corrected chi connectivity index (χ0v) is 19.7. The van der Waals surface area contributed by atoms with E-state index in [1.54, 1.807) is 20.8 Å². The van der Waals surface area contributed by atoms with Crippen molar-refractivity contribution < 1.29 is 14.3 Å². The molecule has 0 bridgehead atoms. The number of piperazine rings is 1. The molecule has 0 radical (unpaired) electrons. The molecule has 6 nitrogen and oxygen atoms in total. The van der Waals surface area contributed by atoms with E-state index in [2.05, 4.69) is 46.0 Å². The zero-order chi connectivity index (χ0) is 22.6. The minimum Gasteiger partial charge on any atom is -0.476 e. The molecule has 2 aromatic rings. The number of anilines is 1. The molecule has 31 heavy (non-hydrogen) atoms. The van der Waals surface area contributed by atoms with Crippen molar-refractivity contribution in [2.24, 2.45) is 0 Å². The van der Waals surface area contributed by atoms with Gasteiger partial charge in [0.2, 0.25) is 0 Å². The first kappa shape index (κ1) is 23.1. The first-order valence-corrected chi connectivity index (χ1v) is 11.1.